The van der Waals surface area contributed by atoms with Crippen molar-refractivity contribution in [2.24, 2.45) is 11.8 Å². The number of hydrogen-bond acceptors (Lipinski definition) is 3. The molecule has 2 saturated carbocycles. The van der Waals surface area contributed by atoms with Gasteiger partial charge in [-0.1, -0.05) is 25.0 Å². The van der Waals surface area contributed by atoms with E-state index in [1.807, 2.05) is 22.9 Å². The molecule has 4 rings (SSSR count). The van der Waals surface area contributed by atoms with Crippen LogP contribution in [0.4, 0.5) is 0 Å². The normalized spacial score (nSPS) is 27.9. The third kappa shape index (κ3) is 3.60. The average Bonchev–Trinajstić information content (AvgIpc) is 3.22. The quantitative estimate of drug-likeness (QED) is 0.842. The Labute approximate surface area is 161 Å². The van der Waals surface area contributed by atoms with E-state index in [0.717, 1.165) is 5.75 Å². The van der Waals surface area contributed by atoms with Gasteiger partial charge in [0, 0.05) is 36.8 Å². The number of amides is 1. The monoisotopic (exact) mass is 367 g/mol. The van der Waals surface area contributed by atoms with Crippen molar-refractivity contribution in [2.45, 2.75) is 57.0 Å². The highest BCUT2D eigenvalue weighted by Crippen LogP contribution is 2.54. The first-order valence-corrected chi connectivity index (χ1v) is 10.1. The molecule has 1 aromatic heterocycles. The van der Waals surface area contributed by atoms with E-state index in [-0.39, 0.29) is 18.0 Å². The lowest BCUT2D eigenvalue weighted by Gasteiger charge is -2.55. The molecule has 0 aliphatic heterocycles. The van der Waals surface area contributed by atoms with E-state index < -0.39 is 0 Å². The Kier molecular flexibility index (Phi) is 5.19. The summed E-state index contributed by atoms with van der Waals surface area (Å²) in [6.45, 7) is 2.06. The molecule has 0 spiro atoms. The topological polar surface area (TPSA) is 56.1 Å². The molecule has 1 N–H and O–H groups in total. The first-order valence-electron chi connectivity index (χ1n) is 10.1. The smallest absolute Gasteiger partial charge is 0.222 e. The van der Waals surface area contributed by atoms with E-state index in [1.54, 1.807) is 19.6 Å². The van der Waals surface area contributed by atoms with Crippen molar-refractivity contribution in [3.8, 4) is 5.75 Å². The molecule has 5 atom stereocenters. The molecular weight excluding hydrogens is 338 g/mol. The molecule has 144 valence electrons. The van der Waals surface area contributed by atoms with Crippen molar-refractivity contribution in [1.82, 2.24) is 14.9 Å². The minimum absolute atomic E-state index is 0.120. The highest BCUT2D eigenvalue weighted by molar-refractivity contribution is 5.77. The lowest BCUT2D eigenvalue weighted by Crippen LogP contribution is -2.59. The summed E-state index contributed by atoms with van der Waals surface area (Å²) in [5.74, 6) is 2.77. The standard InChI is InChI=1S/C22H29N3O2/c1-15(25-12-11-23-14-25)13-20(26)24-22-19-6-4-3-5-18(19)21(22)16-7-9-17(27-2)10-8-16/h7-12,14-15,18-19,21-22H,3-6,13H2,1-2H3,(H,24,26)/t15-,18-,19+,21+,22+/m1/s1. The predicted octanol–water partition coefficient (Wildman–Crippen LogP) is 3.93. The van der Waals surface area contributed by atoms with Gasteiger partial charge in [0.05, 0.1) is 13.4 Å². The van der Waals surface area contributed by atoms with E-state index in [2.05, 4.69) is 29.4 Å². The molecule has 0 radical (unpaired) electrons. The molecule has 1 heterocycles. The van der Waals surface area contributed by atoms with Crippen LogP contribution >= 0.6 is 0 Å². The number of nitrogens with one attached hydrogen (secondary N) is 1. The molecule has 2 aliphatic rings. The Morgan fingerprint density at radius 1 is 1.26 bits per heavy atom. The van der Waals surface area contributed by atoms with Crippen LogP contribution in [-0.2, 0) is 4.79 Å². The first kappa shape index (κ1) is 18.1. The van der Waals surface area contributed by atoms with Gasteiger partial charge in [0.15, 0.2) is 0 Å². The van der Waals surface area contributed by atoms with Crippen LogP contribution in [0.1, 0.15) is 56.6 Å². The molecular formula is C22H29N3O2. The zero-order valence-corrected chi connectivity index (χ0v) is 16.2. The summed E-state index contributed by atoms with van der Waals surface area (Å²) in [4.78, 5) is 16.8. The molecule has 1 amide bonds. The number of carbonyl (C=O) groups is 1. The van der Waals surface area contributed by atoms with Crippen LogP contribution in [0.25, 0.3) is 0 Å². The summed E-state index contributed by atoms with van der Waals surface area (Å²) < 4.78 is 7.29. The van der Waals surface area contributed by atoms with Crippen molar-refractivity contribution >= 4 is 5.91 Å². The minimum Gasteiger partial charge on any atom is -0.497 e. The molecule has 2 aromatic rings. The number of nitrogens with zero attached hydrogens (tertiary/aromatic N) is 2. The highest BCUT2D eigenvalue weighted by atomic mass is 16.5. The summed E-state index contributed by atoms with van der Waals surface area (Å²) in [6.07, 6.45) is 11.0. The maximum Gasteiger partial charge on any atom is 0.222 e. The molecule has 1 aromatic carbocycles. The molecule has 0 unspecified atom stereocenters. The molecule has 2 fully saturated rings. The van der Waals surface area contributed by atoms with E-state index in [9.17, 15) is 4.79 Å². The summed E-state index contributed by atoms with van der Waals surface area (Å²) in [6, 6.07) is 8.78. The van der Waals surface area contributed by atoms with Crippen LogP contribution in [0, 0.1) is 11.8 Å². The van der Waals surface area contributed by atoms with Crippen LogP contribution in [-0.4, -0.2) is 28.6 Å². The van der Waals surface area contributed by atoms with Crippen LogP contribution in [0.2, 0.25) is 0 Å². The number of rotatable bonds is 6. The molecule has 0 bridgehead atoms. The summed E-state index contributed by atoms with van der Waals surface area (Å²) in [7, 11) is 1.69. The number of carbonyl (C=O) groups excluding carboxylic acids is 1. The van der Waals surface area contributed by atoms with E-state index in [0.29, 0.717) is 24.2 Å². The van der Waals surface area contributed by atoms with E-state index in [1.165, 1.54) is 31.2 Å². The second kappa shape index (κ2) is 7.75. The fourth-order valence-electron chi connectivity index (χ4n) is 5.09. The molecule has 0 saturated heterocycles. The van der Waals surface area contributed by atoms with Crippen LogP contribution in [0.5, 0.6) is 5.75 Å². The Morgan fingerprint density at radius 3 is 2.67 bits per heavy atom. The van der Waals surface area contributed by atoms with Crippen molar-refractivity contribution < 1.29 is 9.53 Å². The maximum atomic E-state index is 12.7. The number of benzene rings is 1. The summed E-state index contributed by atoms with van der Waals surface area (Å²) in [5, 5.41) is 3.38. The SMILES string of the molecule is COc1ccc([C@H]2[C@@H]3CCCC[C@@H]3[C@@H]2NC(=O)C[C@@H](C)n2ccnc2)cc1. The lowest BCUT2D eigenvalue weighted by atomic mass is 9.53. The van der Waals surface area contributed by atoms with Crippen molar-refractivity contribution in [2.75, 3.05) is 7.11 Å². The van der Waals surface area contributed by atoms with Crippen molar-refractivity contribution in [1.29, 1.82) is 0 Å². The van der Waals surface area contributed by atoms with Gasteiger partial charge >= 0.3 is 0 Å². The van der Waals surface area contributed by atoms with Gasteiger partial charge in [-0.25, -0.2) is 4.98 Å². The molecule has 27 heavy (non-hydrogen) atoms. The Morgan fingerprint density at radius 2 is 2.00 bits per heavy atom. The van der Waals surface area contributed by atoms with Gasteiger partial charge in [0.25, 0.3) is 0 Å². The van der Waals surface area contributed by atoms with Gasteiger partial charge in [-0.05, 0) is 49.3 Å². The largest absolute Gasteiger partial charge is 0.497 e. The second-order valence-electron chi connectivity index (χ2n) is 8.07. The molecule has 5 nitrogen and oxygen atoms in total. The molecule has 2 aliphatic carbocycles. The summed E-state index contributed by atoms with van der Waals surface area (Å²) in [5.41, 5.74) is 1.33. The number of aromatic nitrogens is 2. The average molecular weight is 367 g/mol. The Balaban J connectivity index is 1.45. The number of imidazole rings is 1. The predicted molar refractivity (Wildman–Crippen MR) is 105 cm³/mol. The van der Waals surface area contributed by atoms with Gasteiger partial charge in [-0.2, -0.15) is 0 Å². The zero-order valence-electron chi connectivity index (χ0n) is 16.2. The third-order valence-corrected chi connectivity index (χ3v) is 6.53. The minimum atomic E-state index is 0.120. The van der Waals surface area contributed by atoms with Crippen molar-refractivity contribution in [3.63, 3.8) is 0 Å². The fourth-order valence-corrected chi connectivity index (χ4v) is 5.09. The number of hydrogen-bond donors (Lipinski definition) is 1. The van der Waals surface area contributed by atoms with Gasteiger partial charge in [-0.15, -0.1) is 0 Å². The first-order chi connectivity index (χ1) is 13.2. The second-order valence-corrected chi connectivity index (χ2v) is 8.07. The third-order valence-electron chi connectivity index (χ3n) is 6.53. The van der Waals surface area contributed by atoms with Crippen molar-refractivity contribution in [3.05, 3.63) is 48.5 Å². The van der Waals surface area contributed by atoms with Gasteiger partial charge in [0.1, 0.15) is 5.75 Å². The van der Waals surface area contributed by atoms with E-state index >= 15 is 0 Å². The molecule has 5 heteroatoms. The summed E-state index contributed by atoms with van der Waals surface area (Å²) >= 11 is 0. The Hall–Kier alpha value is -2.30. The van der Waals surface area contributed by atoms with E-state index in [4.69, 9.17) is 4.74 Å². The Bertz CT molecular complexity index is 756. The lowest BCUT2D eigenvalue weighted by molar-refractivity contribution is -0.125. The fraction of sp³-hybridized carbons (Fsp3) is 0.545. The van der Waals surface area contributed by atoms with Crippen LogP contribution in [0.3, 0.4) is 0 Å². The number of fused-ring (bicyclic) bond motifs is 1. The number of ether oxygens (including phenoxy) is 1. The maximum absolute atomic E-state index is 12.7. The van der Waals surface area contributed by atoms with Crippen LogP contribution < -0.4 is 10.1 Å². The van der Waals surface area contributed by atoms with Crippen LogP contribution in [0.15, 0.2) is 43.0 Å². The van der Waals surface area contributed by atoms with Gasteiger partial charge in [-0.3, -0.25) is 4.79 Å². The number of methoxy groups -OCH3 is 1. The highest BCUT2D eigenvalue weighted by Gasteiger charge is 2.51. The zero-order chi connectivity index (χ0) is 18.8. The van der Waals surface area contributed by atoms with Gasteiger partial charge in [0.2, 0.25) is 5.91 Å². The van der Waals surface area contributed by atoms with Gasteiger partial charge < -0.3 is 14.6 Å².